The number of carbonyl (C=O) groups excluding carboxylic acids is 1. The third-order valence-electron chi connectivity index (χ3n) is 3.30. The van der Waals surface area contributed by atoms with Gasteiger partial charge in [0.25, 0.3) is 0 Å². The van der Waals surface area contributed by atoms with E-state index < -0.39 is 0 Å². The van der Waals surface area contributed by atoms with Gasteiger partial charge in [-0.3, -0.25) is 4.79 Å². The quantitative estimate of drug-likeness (QED) is 0.472. The van der Waals surface area contributed by atoms with Gasteiger partial charge in [0.1, 0.15) is 5.75 Å². The largest absolute Gasteiger partial charge is 0.493 e. The van der Waals surface area contributed by atoms with Gasteiger partial charge in [-0.2, -0.15) is 0 Å². The average molecular weight is 307 g/mol. The van der Waals surface area contributed by atoms with Crippen molar-refractivity contribution in [2.24, 2.45) is 0 Å². The van der Waals surface area contributed by atoms with Crippen molar-refractivity contribution in [2.75, 3.05) is 19.8 Å². The molecule has 0 heterocycles. The number of rotatable bonds is 12. The third-order valence-corrected chi connectivity index (χ3v) is 3.30. The van der Waals surface area contributed by atoms with Crippen molar-refractivity contribution in [3.63, 3.8) is 0 Å². The van der Waals surface area contributed by atoms with Crippen molar-refractivity contribution < 1.29 is 14.3 Å². The molecule has 0 unspecified atom stereocenters. The predicted octanol–water partition coefficient (Wildman–Crippen LogP) is 3.69. The molecule has 0 atom stereocenters. The first-order valence-electron chi connectivity index (χ1n) is 8.35. The molecule has 0 aromatic heterocycles. The molecule has 1 aromatic carbocycles. The molecule has 0 aliphatic carbocycles. The molecule has 4 nitrogen and oxygen atoms in total. The van der Waals surface area contributed by atoms with Crippen LogP contribution in [0.4, 0.5) is 0 Å². The highest BCUT2D eigenvalue weighted by atomic mass is 16.5. The molecule has 0 aliphatic heterocycles. The zero-order valence-electron chi connectivity index (χ0n) is 13.9. The van der Waals surface area contributed by atoms with Crippen LogP contribution >= 0.6 is 0 Å². The Morgan fingerprint density at radius 3 is 2.73 bits per heavy atom. The first kappa shape index (κ1) is 18.5. The van der Waals surface area contributed by atoms with E-state index in [4.69, 9.17) is 9.47 Å². The van der Waals surface area contributed by atoms with Crippen LogP contribution in [-0.2, 0) is 16.1 Å². The monoisotopic (exact) mass is 307 g/mol. The minimum atomic E-state index is -0.101. The summed E-state index contributed by atoms with van der Waals surface area (Å²) in [5.74, 6) is 0.854. The number of esters is 1. The van der Waals surface area contributed by atoms with Gasteiger partial charge in [-0.1, -0.05) is 25.1 Å². The lowest BCUT2D eigenvalue weighted by molar-refractivity contribution is -0.143. The number of benzene rings is 1. The fourth-order valence-corrected chi connectivity index (χ4v) is 2.15. The average Bonchev–Trinajstić information content (AvgIpc) is 2.52. The van der Waals surface area contributed by atoms with Gasteiger partial charge < -0.3 is 14.8 Å². The Morgan fingerprint density at radius 1 is 1.14 bits per heavy atom. The van der Waals surface area contributed by atoms with Crippen LogP contribution in [0.5, 0.6) is 5.75 Å². The summed E-state index contributed by atoms with van der Waals surface area (Å²) in [6.45, 7) is 7.00. The highest BCUT2D eigenvalue weighted by Gasteiger charge is 2.03. The van der Waals surface area contributed by atoms with Gasteiger partial charge in [-0.15, -0.1) is 0 Å². The van der Waals surface area contributed by atoms with Crippen LogP contribution in [0.2, 0.25) is 0 Å². The van der Waals surface area contributed by atoms with E-state index in [1.54, 1.807) is 0 Å². The maximum atomic E-state index is 11.2. The Labute approximate surface area is 134 Å². The normalized spacial score (nSPS) is 10.5. The van der Waals surface area contributed by atoms with Gasteiger partial charge in [0, 0.05) is 18.5 Å². The van der Waals surface area contributed by atoms with E-state index in [9.17, 15) is 4.79 Å². The lowest BCUT2D eigenvalue weighted by Gasteiger charge is -2.12. The molecule has 1 aromatic rings. The second kappa shape index (κ2) is 12.0. The molecular weight excluding hydrogens is 278 g/mol. The zero-order chi connectivity index (χ0) is 16.0. The van der Waals surface area contributed by atoms with E-state index in [2.05, 4.69) is 18.3 Å². The van der Waals surface area contributed by atoms with Crippen LogP contribution in [0.15, 0.2) is 24.3 Å². The second-order valence-corrected chi connectivity index (χ2v) is 5.25. The third kappa shape index (κ3) is 8.03. The Bertz CT molecular complexity index is 421. The smallest absolute Gasteiger partial charge is 0.305 e. The Balaban J connectivity index is 2.20. The minimum absolute atomic E-state index is 0.101. The molecule has 1 N–H and O–H groups in total. The number of hydrogen-bond acceptors (Lipinski definition) is 4. The maximum absolute atomic E-state index is 11.2. The van der Waals surface area contributed by atoms with Crippen LogP contribution in [0.3, 0.4) is 0 Å². The summed E-state index contributed by atoms with van der Waals surface area (Å²) in [6, 6.07) is 8.15. The lowest BCUT2D eigenvalue weighted by Crippen LogP contribution is -2.14. The van der Waals surface area contributed by atoms with Gasteiger partial charge in [0.15, 0.2) is 0 Å². The zero-order valence-corrected chi connectivity index (χ0v) is 13.9. The molecule has 0 spiro atoms. The number of hydrogen-bond donors (Lipinski definition) is 1. The van der Waals surface area contributed by atoms with E-state index in [0.29, 0.717) is 19.6 Å². The fraction of sp³-hybridized carbons (Fsp3) is 0.611. The molecule has 124 valence electrons. The summed E-state index contributed by atoms with van der Waals surface area (Å²) in [6.07, 6.45) is 4.43. The minimum Gasteiger partial charge on any atom is -0.493 e. The molecule has 0 radical (unpaired) electrons. The highest BCUT2D eigenvalue weighted by molar-refractivity contribution is 5.69. The molecule has 0 aliphatic rings. The number of carbonyl (C=O) groups is 1. The molecule has 1 rings (SSSR count). The van der Waals surface area contributed by atoms with Crippen molar-refractivity contribution >= 4 is 5.97 Å². The number of nitrogens with one attached hydrogen (secondary N) is 1. The van der Waals surface area contributed by atoms with E-state index in [1.165, 1.54) is 5.56 Å². The molecule has 4 heteroatoms. The Hall–Kier alpha value is -1.55. The Kier molecular flexibility index (Phi) is 10.1. The van der Waals surface area contributed by atoms with Gasteiger partial charge in [-0.05, 0) is 45.2 Å². The van der Waals surface area contributed by atoms with Gasteiger partial charge in [0.2, 0.25) is 0 Å². The van der Waals surface area contributed by atoms with Gasteiger partial charge >= 0.3 is 5.97 Å². The topological polar surface area (TPSA) is 47.6 Å². The van der Waals surface area contributed by atoms with Crippen LogP contribution < -0.4 is 10.1 Å². The van der Waals surface area contributed by atoms with Crippen LogP contribution in [-0.4, -0.2) is 25.7 Å². The Morgan fingerprint density at radius 2 is 1.95 bits per heavy atom. The van der Waals surface area contributed by atoms with E-state index in [0.717, 1.165) is 44.5 Å². The van der Waals surface area contributed by atoms with Crippen molar-refractivity contribution in [3.8, 4) is 5.75 Å². The maximum Gasteiger partial charge on any atom is 0.305 e. The van der Waals surface area contributed by atoms with Crippen molar-refractivity contribution in [3.05, 3.63) is 29.8 Å². The summed E-state index contributed by atoms with van der Waals surface area (Å²) < 4.78 is 10.8. The SMILES string of the molecule is CCCNCc1ccccc1OCCCCCC(=O)OCC. The predicted molar refractivity (Wildman–Crippen MR) is 89.0 cm³/mol. The molecule has 0 saturated carbocycles. The molecular formula is C18H29NO3. The summed E-state index contributed by atoms with van der Waals surface area (Å²) in [4.78, 5) is 11.2. The van der Waals surface area contributed by atoms with E-state index in [-0.39, 0.29) is 5.97 Å². The standard InChI is InChI=1S/C18H29NO3/c1-3-13-19-15-16-10-7-8-11-17(16)22-14-9-5-6-12-18(20)21-4-2/h7-8,10-11,19H,3-6,9,12-15H2,1-2H3. The number of para-hydroxylation sites is 1. The van der Waals surface area contributed by atoms with Crippen LogP contribution in [0.25, 0.3) is 0 Å². The first-order valence-corrected chi connectivity index (χ1v) is 8.35. The van der Waals surface area contributed by atoms with Crippen LogP contribution in [0, 0.1) is 0 Å². The van der Waals surface area contributed by atoms with Gasteiger partial charge in [-0.25, -0.2) is 0 Å². The summed E-state index contributed by atoms with van der Waals surface area (Å²) >= 11 is 0. The second-order valence-electron chi connectivity index (χ2n) is 5.25. The molecule has 22 heavy (non-hydrogen) atoms. The summed E-state index contributed by atoms with van der Waals surface area (Å²) in [7, 11) is 0. The number of ether oxygens (including phenoxy) is 2. The van der Waals surface area contributed by atoms with E-state index in [1.807, 2.05) is 25.1 Å². The highest BCUT2D eigenvalue weighted by Crippen LogP contribution is 2.18. The van der Waals surface area contributed by atoms with Crippen molar-refractivity contribution in [2.45, 2.75) is 52.5 Å². The lowest BCUT2D eigenvalue weighted by atomic mass is 10.2. The van der Waals surface area contributed by atoms with E-state index >= 15 is 0 Å². The summed E-state index contributed by atoms with van der Waals surface area (Å²) in [5, 5.41) is 3.40. The van der Waals surface area contributed by atoms with Crippen molar-refractivity contribution in [1.29, 1.82) is 0 Å². The molecule has 0 amide bonds. The van der Waals surface area contributed by atoms with Crippen LogP contribution in [0.1, 0.15) is 51.5 Å². The molecule has 0 fully saturated rings. The van der Waals surface area contributed by atoms with Crippen molar-refractivity contribution in [1.82, 2.24) is 5.32 Å². The fourth-order valence-electron chi connectivity index (χ4n) is 2.15. The molecule has 0 saturated heterocycles. The first-order chi connectivity index (χ1) is 10.8. The molecule has 0 bridgehead atoms. The summed E-state index contributed by atoms with van der Waals surface area (Å²) in [5.41, 5.74) is 1.20. The number of unbranched alkanes of at least 4 members (excludes halogenated alkanes) is 2. The van der Waals surface area contributed by atoms with Gasteiger partial charge in [0.05, 0.1) is 13.2 Å².